The normalized spacial score (nSPS) is 13.0. The molecule has 0 radical (unpaired) electrons. The summed E-state index contributed by atoms with van der Waals surface area (Å²) >= 11 is 0. The highest BCUT2D eigenvalue weighted by Crippen LogP contribution is 2.53. The molecule has 8 heteroatoms. The van der Waals surface area contributed by atoms with Crippen molar-refractivity contribution in [3.63, 3.8) is 0 Å². The van der Waals surface area contributed by atoms with Gasteiger partial charge >= 0.3 is 12.6 Å². The fourth-order valence-electron chi connectivity index (χ4n) is 3.96. The molecule has 0 unspecified atom stereocenters. The number of carbonyl (C=O) groups excluding carboxylic acids is 1. The zero-order valence-electron chi connectivity index (χ0n) is 19.0. The van der Waals surface area contributed by atoms with E-state index in [1.807, 2.05) is 23.1 Å². The van der Waals surface area contributed by atoms with Gasteiger partial charge in [-0.3, -0.25) is 4.98 Å². The van der Waals surface area contributed by atoms with Crippen LogP contribution < -0.4 is 14.4 Å². The van der Waals surface area contributed by atoms with Crippen molar-refractivity contribution >= 4 is 17.3 Å². The highest BCUT2D eigenvalue weighted by Gasteiger charge is 2.33. The molecule has 0 N–H and O–H groups in total. The summed E-state index contributed by atoms with van der Waals surface area (Å²) in [6.45, 7) is -0.493. The lowest BCUT2D eigenvalue weighted by Crippen LogP contribution is -2.19. The van der Waals surface area contributed by atoms with Gasteiger partial charge in [0.25, 0.3) is 0 Å². The van der Waals surface area contributed by atoms with Crippen LogP contribution in [0.2, 0.25) is 0 Å². The van der Waals surface area contributed by atoms with E-state index in [9.17, 15) is 13.6 Å². The van der Waals surface area contributed by atoms with Crippen LogP contribution in [0.1, 0.15) is 47.2 Å². The van der Waals surface area contributed by atoms with Gasteiger partial charge in [0.1, 0.15) is 11.5 Å². The molecule has 3 aromatic rings. The van der Waals surface area contributed by atoms with Gasteiger partial charge < -0.3 is 19.1 Å². The zero-order chi connectivity index (χ0) is 24.1. The first-order valence-corrected chi connectivity index (χ1v) is 11.1. The Hall–Kier alpha value is -3.68. The van der Waals surface area contributed by atoms with Crippen molar-refractivity contribution in [3.05, 3.63) is 77.6 Å². The lowest BCUT2D eigenvalue weighted by atomic mass is 10.0. The number of alkyl halides is 2. The van der Waals surface area contributed by atoms with Gasteiger partial charge in [-0.05, 0) is 67.6 Å². The van der Waals surface area contributed by atoms with E-state index in [4.69, 9.17) is 14.2 Å². The molecule has 34 heavy (non-hydrogen) atoms. The van der Waals surface area contributed by atoms with Crippen LogP contribution in [0.5, 0.6) is 11.5 Å². The standard InChI is InChI=1S/C26H26F2N2O4/c1-3-33-25(31)19-7-4-8-20(14-19)30(16-17-6-5-13-29-15-17)21-11-12-22(34-26(27)28)23(18-9-10-18)24(21)32-2/h4-8,11-15,18,26H,3,9-10,16H2,1-2H3. The largest absolute Gasteiger partial charge is 0.494 e. The smallest absolute Gasteiger partial charge is 0.387 e. The second-order valence-corrected chi connectivity index (χ2v) is 7.90. The predicted octanol–water partition coefficient (Wildman–Crippen LogP) is 6.08. The number of halogens is 2. The third kappa shape index (κ3) is 5.27. The fourth-order valence-corrected chi connectivity index (χ4v) is 3.96. The van der Waals surface area contributed by atoms with Crippen LogP contribution in [-0.2, 0) is 11.3 Å². The number of ether oxygens (including phenoxy) is 3. The summed E-state index contributed by atoms with van der Waals surface area (Å²) in [4.78, 5) is 18.5. The molecule has 0 atom stereocenters. The molecule has 1 aliphatic carbocycles. The zero-order valence-corrected chi connectivity index (χ0v) is 19.0. The van der Waals surface area contributed by atoms with E-state index >= 15 is 0 Å². The quantitative estimate of drug-likeness (QED) is 0.336. The molecule has 1 aromatic heterocycles. The summed E-state index contributed by atoms with van der Waals surface area (Å²) in [6.07, 6.45) is 5.20. The molecular formula is C26H26F2N2O4. The van der Waals surface area contributed by atoms with Crippen molar-refractivity contribution in [2.45, 2.75) is 38.8 Å². The monoisotopic (exact) mass is 468 g/mol. The van der Waals surface area contributed by atoms with Gasteiger partial charge in [-0.2, -0.15) is 8.78 Å². The summed E-state index contributed by atoms with van der Waals surface area (Å²) in [7, 11) is 1.52. The molecule has 0 aliphatic heterocycles. The van der Waals surface area contributed by atoms with Crippen molar-refractivity contribution in [3.8, 4) is 11.5 Å². The molecular weight excluding hydrogens is 442 g/mol. The van der Waals surface area contributed by atoms with Crippen LogP contribution in [0.4, 0.5) is 20.2 Å². The average Bonchev–Trinajstić information content (AvgIpc) is 3.68. The third-order valence-electron chi connectivity index (χ3n) is 5.56. The number of anilines is 2. The lowest BCUT2D eigenvalue weighted by Gasteiger charge is -2.29. The molecule has 0 bridgehead atoms. The minimum absolute atomic E-state index is 0.0924. The summed E-state index contributed by atoms with van der Waals surface area (Å²) < 4.78 is 41.9. The first kappa shape index (κ1) is 23.5. The minimum Gasteiger partial charge on any atom is -0.494 e. The molecule has 2 aromatic carbocycles. The Morgan fingerprint density at radius 3 is 2.65 bits per heavy atom. The SMILES string of the molecule is CCOC(=O)c1cccc(N(Cc2cccnc2)c2ccc(OC(F)F)c(C3CC3)c2OC)c1. The maximum atomic E-state index is 13.1. The first-order chi connectivity index (χ1) is 16.5. The second-order valence-electron chi connectivity index (χ2n) is 7.90. The van der Waals surface area contributed by atoms with Crippen molar-refractivity contribution in [1.29, 1.82) is 0 Å². The molecule has 1 saturated carbocycles. The van der Waals surface area contributed by atoms with Crippen molar-refractivity contribution < 1.29 is 27.8 Å². The predicted molar refractivity (Wildman–Crippen MR) is 124 cm³/mol. The number of nitrogens with zero attached hydrogens (tertiary/aromatic N) is 2. The molecule has 1 aliphatic rings. The Morgan fingerprint density at radius 1 is 1.18 bits per heavy atom. The van der Waals surface area contributed by atoms with Crippen molar-refractivity contribution in [2.24, 2.45) is 0 Å². The summed E-state index contributed by atoms with van der Waals surface area (Å²) in [5.41, 5.74) is 3.37. The van der Waals surface area contributed by atoms with Crippen LogP contribution in [0.15, 0.2) is 60.9 Å². The van der Waals surface area contributed by atoms with Crippen molar-refractivity contribution in [1.82, 2.24) is 4.98 Å². The first-order valence-electron chi connectivity index (χ1n) is 11.1. The fraction of sp³-hybridized carbons (Fsp3) is 0.308. The Balaban J connectivity index is 1.84. The van der Waals surface area contributed by atoms with E-state index in [0.29, 0.717) is 29.1 Å². The Kier molecular flexibility index (Phi) is 7.25. The molecule has 1 fully saturated rings. The maximum Gasteiger partial charge on any atom is 0.387 e. The molecule has 0 amide bonds. The van der Waals surface area contributed by atoms with E-state index in [0.717, 1.165) is 24.1 Å². The molecule has 1 heterocycles. The molecule has 4 rings (SSSR count). The lowest BCUT2D eigenvalue weighted by molar-refractivity contribution is -0.0505. The van der Waals surface area contributed by atoms with Gasteiger partial charge in [0.2, 0.25) is 0 Å². The van der Waals surface area contributed by atoms with Gasteiger partial charge in [-0.15, -0.1) is 0 Å². The number of aromatic nitrogens is 1. The van der Waals surface area contributed by atoms with E-state index in [1.165, 1.54) is 7.11 Å². The van der Waals surface area contributed by atoms with E-state index in [1.54, 1.807) is 49.6 Å². The topological polar surface area (TPSA) is 60.9 Å². The van der Waals surface area contributed by atoms with Crippen LogP contribution in [0.3, 0.4) is 0 Å². The van der Waals surface area contributed by atoms with Crippen LogP contribution in [-0.4, -0.2) is 31.3 Å². The number of esters is 1. The molecule has 6 nitrogen and oxygen atoms in total. The van der Waals surface area contributed by atoms with Gasteiger partial charge in [0.15, 0.2) is 0 Å². The summed E-state index contributed by atoms with van der Waals surface area (Å²) in [6, 6.07) is 14.1. The number of rotatable bonds is 10. The number of methoxy groups -OCH3 is 1. The Morgan fingerprint density at radius 2 is 2.00 bits per heavy atom. The van der Waals surface area contributed by atoms with Gasteiger partial charge in [-0.25, -0.2) is 4.79 Å². The van der Waals surface area contributed by atoms with Gasteiger partial charge in [0, 0.05) is 30.2 Å². The van der Waals surface area contributed by atoms with Crippen LogP contribution in [0.25, 0.3) is 0 Å². The highest BCUT2D eigenvalue weighted by molar-refractivity contribution is 5.91. The summed E-state index contributed by atoms with van der Waals surface area (Å²) in [5, 5.41) is 0. The molecule has 0 spiro atoms. The van der Waals surface area contributed by atoms with Gasteiger partial charge in [-0.1, -0.05) is 12.1 Å². The number of hydrogen-bond donors (Lipinski definition) is 0. The molecule has 0 saturated heterocycles. The number of pyridine rings is 1. The minimum atomic E-state index is -2.93. The Bertz CT molecular complexity index is 1140. The second kappa shape index (κ2) is 10.5. The third-order valence-corrected chi connectivity index (χ3v) is 5.56. The number of hydrogen-bond acceptors (Lipinski definition) is 6. The van der Waals surface area contributed by atoms with E-state index < -0.39 is 12.6 Å². The van der Waals surface area contributed by atoms with E-state index in [-0.39, 0.29) is 18.3 Å². The average molecular weight is 469 g/mol. The van der Waals surface area contributed by atoms with Crippen molar-refractivity contribution in [2.75, 3.05) is 18.6 Å². The van der Waals surface area contributed by atoms with Crippen LogP contribution >= 0.6 is 0 Å². The molecule has 178 valence electrons. The van der Waals surface area contributed by atoms with Crippen LogP contribution in [0, 0.1) is 0 Å². The maximum absolute atomic E-state index is 13.1. The number of carbonyl (C=O) groups is 1. The highest BCUT2D eigenvalue weighted by atomic mass is 19.3. The Labute approximate surface area is 197 Å². The summed E-state index contributed by atoms with van der Waals surface area (Å²) in [5.74, 6) is 0.275. The van der Waals surface area contributed by atoms with E-state index in [2.05, 4.69) is 4.98 Å². The number of benzene rings is 2. The van der Waals surface area contributed by atoms with Gasteiger partial charge in [0.05, 0.1) is 25.0 Å².